The Balaban J connectivity index is 2.20. The molecule has 0 aliphatic carbocycles. The molecule has 0 unspecified atom stereocenters. The lowest BCUT2D eigenvalue weighted by Gasteiger charge is -2.33. The summed E-state index contributed by atoms with van der Waals surface area (Å²) in [5, 5.41) is 3.21. The number of rotatable bonds is 5. The van der Waals surface area contributed by atoms with Gasteiger partial charge in [0.2, 0.25) is 0 Å². The molecule has 0 spiro atoms. The highest BCUT2D eigenvalue weighted by Gasteiger charge is 2.28. The summed E-state index contributed by atoms with van der Waals surface area (Å²) >= 11 is 0. The summed E-state index contributed by atoms with van der Waals surface area (Å²) in [4.78, 5) is 17.2. The van der Waals surface area contributed by atoms with Crippen LogP contribution in [0, 0.1) is 19.3 Å². The minimum absolute atomic E-state index is 0.00498. The van der Waals surface area contributed by atoms with Gasteiger partial charge < -0.3 is 9.88 Å². The lowest BCUT2D eigenvalue weighted by molar-refractivity contribution is 0.0890. The molecule has 2 aromatic rings. The number of aryl methyl sites for hydroxylation is 1. The lowest BCUT2D eigenvalue weighted by Crippen LogP contribution is -2.45. The minimum Gasteiger partial charge on any atom is -0.347 e. The second-order valence-corrected chi connectivity index (χ2v) is 8.77. The molecule has 0 saturated heterocycles. The Kier molecular flexibility index (Phi) is 5.40. The maximum Gasteiger partial charge on any atom is 0.253 e. The van der Waals surface area contributed by atoms with Gasteiger partial charge in [-0.2, -0.15) is 0 Å². The van der Waals surface area contributed by atoms with E-state index in [1.165, 1.54) is 0 Å². The molecule has 0 saturated carbocycles. The summed E-state index contributed by atoms with van der Waals surface area (Å²) in [6, 6.07) is 7.88. The molecule has 2 aromatic heterocycles. The molecule has 0 aliphatic rings. The summed E-state index contributed by atoms with van der Waals surface area (Å²) in [6.07, 6.45) is 2.71. The van der Waals surface area contributed by atoms with Gasteiger partial charge in [-0.25, -0.2) is 0 Å². The fourth-order valence-corrected chi connectivity index (χ4v) is 3.67. The Hall–Kier alpha value is -2.10. The van der Waals surface area contributed by atoms with Crippen LogP contribution in [0.2, 0.25) is 0 Å². The van der Waals surface area contributed by atoms with E-state index in [2.05, 4.69) is 49.5 Å². The van der Waals surface area contributed by atoms with Crippen LogP contribution in [0.25, 0.3) is 0 Å². The zero-order valence-electron chi connectivity index (χ0n) is 16.6. The Bertz CT molecular complexity index is 736. The third-order valence-electron chi connectivity index (χ3n) is 4.29. The first-order valence-corrected chi connectivity index (χ1v) is 8.88. The van der Waals surface area contributed by atoms with Crippen LogP contribution in [-0.2, 0) is 6.54 Å². The number of amides is 1. The largest absolute Gasteiger partial charge is 0.347 e. The van der Waals surface area contributed by atoms with Crippen molar-refractivity contribution in [2.24, 2.45) is 5.41 Å². The van der Waals surface area contributed by atoms with Crippen LogP contribution in [0.1, 0.15) is 68.5 Å². The summed E-state index contributed by atoms with van der Waals surface area (Å²) < 4.78 is 2.15. The average Bonchev–Trinajstić information content (AvgIpc) is 2.73. The van der Waals surface area contributed by atoms with Crippen LogP contribution in [0.15, 0.2) is 30.5 Å². The summed E-state index contributed by atoms with van der Waals surface area (Å²) in [5.41, 5.74) is 3.69. The number of aromatic nitrogens is 2. The highest BCUT2D eigenvalue weighted by atomic mass is 16.1. The average molecular weight is 341 g/mol. The van der Waals surface area contributed by atoms with E-state index in [0.717, 1.165) is 29.1 Å². The third kappa shape index (κ3) is 5.18. The van der Waals surface area contributed by atoms with Gasteiger partial charge in [0, 0.05) is 23.1 Å². The van der Waals surface area contributed by atoms with Crippen LogP contribution in [0.4, 0.5) is 0 Å². The Morgan fingerprint density at radius 1 is 1.16 bits per heavy atom. The van der Waals surface area contributed by atoms with Gasteiger partial charge in [0.15, 0.2) is 0 Å². The molecule has 2 heterocycles. The van der Waals surface area contributed by atoms with Crippen molar-refractivity contribution in [2.45, 2.75) is 67.0 Å². The predicted octanol–water partition coefficient (Wildman–Crippen LogP) is 4.49. The first-order valence-electron chi connectivity index (χ1n) is 8.88. The van der Waals surface area contributed by atoms with Gasteiger partial charge >= 0.3 is 0 Å². The number of nitrogens with one attached hydrogen (secondary N) is 1. The normalized spacial score (nSPS) is 12.3. The van der Waals surface area contributed by atoms with Crippen molar-refractivity contribution in [1.82, 2.24) is 14.9 Å². The Labute approximate surface area is 151 Å². The molecule has 0 aliphatic heterocycles. The van der Waals surface area contributed by atoms with Gasteiger partial charge in [-0.05, 0) is 57.7 Å². The van der Waals surface area contributed by atoms with Crippen LogP contribution in [0.5, 0.6) is 0 Å². The molecule has 0 aromatic carbocycles. The fourth-order valence-electron chi connectivity index (χ4n) is 3.67. The second-order valence-electron chi connectivity index (χ2n) is 8.77. The molecule has 4 nitrogen and oxygen atoms in total. The second kappa shape index (κ2) is 7.03. The predicted molar refractivity (Wildman–Crippen MR) is 103 cm³/mol. The molecule has 4 heteroatoms. The fraction of sp³-hybridized carbons (Fsp3) is 0.524. The number of hydrogen-bond acceptors (Lipinski definition) is 2. The molecule has 25 heavy (non-hydrogen) atoms. The van der Waals surface area contributed by atoms with Crippen molar-refractivity contribution in [3.05, 3.63) is 53.1 Å². The van der Waals surface area contributed by atoms with Gasteiger partial charge in [0.05, 0.1) is 17.8 Å². The van der Waals surface area contributed by atoms with Crippen molar-refractivity contribution in [2.75, 3.05) is 0 Å². The standard InChI is InChI=1S/C21H31N3O/c1-15-12-18(19(25)23-21(6,7)14-20(3,4)5)16(2)24(15)13-17-10-8-9-11-22-17/h8-12H,13-14H2,1-7H3,(H,23,25). The SMILES string of the molecule is Cc1cc(C(=O)NC(C)(C)CC(C)(C)C)c(C)n1Cc1ccccn1. The van der Waals surface area contributed by atoms with Crippen LogP contribution in [-0.4, -0.2) is 21.0 Å². The number of carbonyl (C=O) groups is 1. The van der Waals surface area contributed by atoms with Gasteiger partial charge in [-0.3, -0.25) is 9.78 Å². The van der Waals surface area contributed by atoms with E-state index < -0.39 is 0 Å². The molecule has 1 amide bonds. The Morgan fingerprint density at radius 3 is 2.40 bits per heavy atom. The number of pyridine rings is 1. The summed E-state index contributed by atoms with van der Waals surface area (Å²) in [5.74, 6) is -0.00498. The number of nitrogens with zero attached hydrogens (tertiary/aromatic N) is 2. The first kappa shape index (κ1) is 19.2. The molecule has 136 valence electrons. The van der Waals surface area contributed by atoms with Crippen molar-refractivity contribution >= 4 is 5.91 Å². The van der Waals surface area contributed by atoms with Gasteiger partial charge in [0.1, 0.15) is 0 Å². The van der Waals surface area contributed by atoms with Crippen molar-refractivity contribution in [3.8, 4) is 0 Å². The van der Waals surface area contributed by atoms with E-state index in [-0.39, 0.29) is 16.9 Å². The van der Waals surface area contributed by atoms with Crippen molar-refractivity contribution < 1.29 is 4.79 Å². The van der Waals surface area contributed by atoms with E-state index in [9.17, 15) is 4.79 Å². The molecule has 0 fully saturated rings. The summed E-state index contributed by atoms with van der Waals surface area (Å²) in [7, 11) is 0. The van der Waals surface area contributed by atoms with Gasteiger partial charge in [-0.15, -0.1) is 0 Å². The smallest absolute Gasteiger partial charge is 0.253 e. The molecular weight excluding hydrogens is 310 g/mol. The van der Waals surface area contributed by atoms with Gasteiger partial charge in [-0.1, -0.05) is 26.8 Å². The molecule has 1 N–H and O–H groups in total. The van der Waals surface area contributed by atoms with E-state index in [4.69, 9.17) is 0 Å². The van der Waals surface area contributed by atoms with Crippen molar-refractivity contribution in [1.29, 1.82) is 0 Å². The minimum atomic E-state index is -0.251. The topological polar surface area (TPSA) is 46.9 Å². The molecule has 0 bridgehead atoms. The van der Waals surface area contributed by atoms with Crippen molar-refractivity contribution in [3.63, 3.8) is 0 Å². The summed E-state index contributed by atoms with van der Waals surface area (Å²) in [6.45, 7) is 15.5. The van der Waals surface area contributed by atoms with E-state index in [0.29, 0.717) is 6.54 Å². The third-order valence-corrected chi connectivity index (χ3v) is 4.29. The van der Waals surface area contributed by atoms with E-state index in [1.54, 1.807) is 6.20 Å². The van der Waals surface area contributed by atoms with E-state index in [1.807, 2.05) is 38.1 Å². The lowest BCUT2D eigenvalue weighted by atomic mass is 9.81. The quantitative estimate of drug-likeness (QED) is 0.871. The van der Waals surface area contributed by atoms with E-state index >= 15 is 0 Å². The van der Waals surface area contributed by atoms with Crippen LogP contribution >= 0.6 is 0 Å². The maximum absolute atomic E-state index is 12.8. The van der Waals surface area contributed by atoms with Gasteiger partial charge in [0.25, 0.3) is 5.91 Å². The zero-order valence-corrected chi connectivity index (χ0v) is 16.6. The molecule has 0 atom stereocenters. The molecule has 0 radical (unpaired) electrons. The highest BCUT2D eigenvalue weighted by Crippen LogP contribution is 2.27. The van der Waals surface area contributed by atoms with Crippen LogP contribution < -0.4 is 5.32 Å². The Morgan fingerprint density at radius 2 is 1.84 bits per heavy atom. The molecular formula is C21H31N3O. The maximum atomic E-state index is 12.8. The first-order chi connectivity index (χ1) is 11.5. The van der Waals surface area contributed by atoms with Crippen LogP contribution in [0.3, 0.4) is 0 Å². The number of carbonyl (C=O) groups excluding carboxylic acids is 1. The zero-order chi connectivity index (χ0) is 18.8. The highest BCUT2D eigenvalue weighted by molar-refractivity contribution is 5.96. The monoisotopic (exact) mass is 341 g/mol. The molecule has 2 rings (SSSR count). The number of hydrogen-bond donors (Lipinski definition) is 1.